The predicted octanol–water partition coefficient (Wildman–Crippen LogP) is 0.480. The molecule has 1 aromatic carbocycles. The van der Waals surface area contributed by atoms with Crippen molar-refractivity contribution >= 4 is 23.2 Å². The summed E-state index contributed by atoms with van der Waals surface area (Å²) in [6, 6.07) is 13.3. The Balaban J connectivity index is 1.91. The lowest BCUT2D eigenvalue weighted by Gasteiger charge is -2.21. The van der Waals surface area contributed by atoms with Crippen molar-refractivity contribution in [3.05, 3.63) is 58.3 Å². The number of carbonyl (C=O) groups is 2. The first kappa shape index (κ1) is 17.2. The van der Waals surface area contributed by atoms with Crippen LogP contribution < -0.4 is 15.5 Å². The van der Waals surface area contributed by atoms with E-state index in [1.165, 1.54) is 16.2 Å². The second kappa shape index (κ2) is 8.45. The molecule has 2 amide bonds. The molecule has 5 nitrogen and oxygen atoms in total. The van der Waals surface area contributed by atoms with Crippen molar-refractivity contribution in [3.63, 3.8) is 0 Å². The third-order valence-electron chi connectivity index (χ3n) is 3.30. The highest BCUT2D eigenvalue weighted by atomic mass is 32.1. The topological polar surface area (TPSA) is 62.6 Å². The number of hydrogen-bond acceptors (Lipinski definition) is 3. The first-order valence-corrected chi connectivity index (χ1v) is 8.39. The van der Waals surface area contributed by atoms with Crippen molar-refractivity contribution in [3.8, 4) is 0 Å². The van der Waals surface area contributed by atoms with Gasteiger partial charge in [0, 0.05) is 0 Å². The van der Waals surface area contributed by atoms with Crippen LogP contribution in [0.15, 0.2) is 47.8 Å². The summed E-state index contributed by atoms with van der Waals surface area (Å²) in [7, 11) is 4.08. The van der Waals surface area contributed by atoms with Crippen LogP contribution in [0.4, 0.5) is 0 Å². The Hall–Kier alpha value is -2.18. The molecule has 122 valence electrons. The average molecular weight is 332 g/mol. The maximum atomic E-state index is 12.2. The summed E-state index contributed by atoms with van der Waals surface area (Å²) in [6.45, 7) is 0.747. The molecule has 0 bridgehead atoms. The maximum absolute atomic E-state index is 12.2. The monoisotopic (exact) mass is 332 g/mol. The van der Waals surface area contributed by atoms with Crippen LogP contribution in [0.25, 0.3) is 0 Å². The van der Waals surface area contributed by atoms with E-state index in [4.69, 9.17) is 0 Å². The Bertz CT molecular complexity index is 627. The highest BCUT2D eigenvalue weighted by Gasteiger charge is 2.18. The Morgan fingerprint density at radius 1 is 1.13 bits per heavy atom. The zero-order chi connectivity index (χ0) is 16.7. The van der Waals surface area contributed by atoms with Crippen LogP contribution in [0.5, 0.6) is 0 Å². The number of rotatable bonds is 7. The third kappa shape index (κ3) is 5.50. The number of carbonyl (C=O) groups excluding carboxylic acids is 2. The Labute approximate surface area is 140 Å². The van der Waals surface area contributed by atoms with E-state index in [0.29, 0.717) is 4.88 Å². The molecule has 23 heavy (non-hydrogen) atoms. The summed E-state index contributed by atoms with van der Waals surface area (Å²) in [5.74, 6) is -0.408. The molecule has 3 N–H and O–H groups in total. The molecule has 1 heterocycles. The van der Waals surface area contributed by atoms with Gasteiger partial charge in [0.1, 0.15) is 12.6 Å². The van der Waals surface area contributed by atoms with Gasteiger partial charge in [-0.15, -0.1) is 11.3 Å². The summed E-state index contributed by atoms with van der Waals surface area (Å²) in [5.41, 5.74) is 1.06. The average Bonchev–Trinajstić information content (AvgIpc) is 3.07. The van der Waals surface area contributed by atoms with Crippen molar-refractivity contribution in [1.82, 2.24) is 10.6 Å². The van der Waals surface area contributed by atoms with Crippen LogP contribution in [0, 0.1) is 0 Å². The van der Waals surface area contributed by atoms with Crippen LogP contribution in [0.2, 0.25) is 0 Å². The van der Waals surface area contributed by atoms with Crippen LogP contribution in [0.1, 0.15) is 21.3 Å². The number of hydrogen-bond donors (Lipinski definition) is 3. The van der Waals surface area contributed by atoms with E-state index < -0.39 is 0 Å². The van der Waals surface area contributed by atoms with Gasteiger partial charge >= 0.3 is 0 Å². The van der Waals surface area contributed by atoms with Gasteiger partial charge < -0.3 is 15.5 Å². The van der Waals surface area contributed by atoms with E-state index >= 15 is 0 Å². The van der Waals surface area contributed by atoms with Gasteiger partial charge in [0.25, 0.3) is 5.91 Å². The molecule has 0 aliphatic carbocycles. The molecule has 0 radical (unpaired) electrons. The Morgan fingerprint density at radius 3 is 2.48 bits per heavy atom. The Morgan fingerprint density at radius 2 is 1.87 bits per heavy atom. The second-order valence-corrected chi connectivity index (χ2v) is 6.55. The summed E-state index contributed by atoms with van der Waals surface area (Å²) < 4.78 is 0. The molecule has 2 aromatic rings. The number of nitrogens with one attached hydrogen (secondary N) is 3. The van der Waals surface area contributed by atoms with Gasteiger partial charge in [0.15, 0.2) is 0 Å². The normalized spacial score (nSPS) is 12.0. The maximum Gasteiger partial charge on any atom is 0.261 e. The molecule has 0 spiro atoms. The van der Waals surface area contributed by atoms with Crippen LogP contribution in [-0.4, -0.2) is 39.0 Å². The molecular weight excluding hydrogens is 310 g/mol. The molecule has 0 saturated carbocycles. The molecular formula is C17H22N3O2S+. The SMILES string of the molecule is C[NH+](C)C[C@@H](NC(=O)CNC(=O)c1cccs1)c1ccccc1. The summed E-state index contributed by atoms with van der Waals surface area (Å²) >= 11 is 1.35. The zero-order valence-corrected chi connectivity index (χ0v) is 14.2. The van der Waals surface area contributed by atoms with Gasteiger partial charge in [0.2, 0.25) is 5.91 Å². The standard InChI is InChI=1S/C17H21N3O2S/c1-20(2)12-14(13-7-4-3-5-8-13)19-16(21)11-18-17(22)15-9-6-10-23-15/h3-10,14H,11-12H2,1-2H3,(H,18,22)(H,19,21)/p+1/t14-/m1/s1. The van der Waals surface area contributed by atoms with Gasteiger partial charge in [-0.2, -0.15) is 0 Å². The molecule has 1 atom stereocenters. The molecule has 6 heteroatoms. The van der Waals surface area contributed by atoms with Gasteiger partial charge in [0.05, 0.1) is 25.5 Å². The highest BCUT2D eigenvalue weighted by molar-refractivity contribution is 7.12. The van der Waals surface area contributed by atoms with Gasteiger partial charge in [-0.05, 0) is 17.0 Å². The molecule has 0 saturated heterocycles. The fourth-order valence-corrected chi connectivity index (χ4v) is 2.89. The lowest BCUT2D eigenvalue weighted by atomic mass is 10.1. The minimum Gasteiger partial charge on any atom is -0.342 e. The number of quaternary nitrogens is 1. The number of likely N-dealkylation sites (N-methyl/N-ethyl adjacent to an activating group) is 1. The first-order chi connectivity index (χ1) is 11.1. The molecule has 2 rings (SSSR count). The number of thiophene rings is 1. The van der Waals surface area contributed by atoms with E-state index in [-0.39, 0.29) is 24.4 Å². The minimum absolute atomic E-state index is 0.0250. The van der Waals surface area contributed by atoms with Crippen LogP contribution in [-0.2, 0) is 4.79 Å². The van der Waals surface area contributed by atoms with Crippen molar-refractivity contribution in [1.29, 1.82) is 0 Å². The highest BCUT2D eigenvalue weighted by Crippen LogP contribution is 2.10. The van der Waals surface area contributed by atoms with E-state index in [0.717, 1.165) is 12.1 Å². The number of benzene rings is 1. The van der Waals surface area contributed by atoms with E-state index in [9.17, 15) is 9.59 Å². The van der Waals surface area contributed by atoms with E-state index in [2.05, 4.69) is 10.6 Å². The van der Waals surface area contributed by atoms with Gasteiger partial charge in [-0.3, -0.25) is 9.59 Å². The van der Waals surface area contributed by atoms with Crippen molar-refractivity contribution in [2.75, 3.05) is 27.2 Å². The summed E-state index contributed by atoms with van der Waals surface area (Å²) in [6.07, 6.45) is 0. The van der Waals surface area contributed by atoms with E-state index in [1.807, 2.05) is 55.9 Å². The fourth-order valence-electron chi connectivity index (χ4n) is 2.25. The lowest BCUT2D eigenvalue weighted by molar-refractivity contribution is -0.860. The summed E-state index contributed by atoms with van der Waals surface area (Å²) in [4.78, 5) is 25.9. The van der Waals surface area contributed by atoms with Gasteiger partial charge in [-0.25, -0.2) is 0 Å². The Kier molecular flexibility index (Phi) is 6.31. The largest absolute Gasteiger partial charge is 0.342 e. The molecule has 0 aliphatic heterocycles. The molecule has 0 aliphatic rings. The smallest absolute Gasteiger partial charge is 0.261 e. The van der Waals surface area contributed by atoms with Crippen LogP contribution >= 0.6 is 11.3 Å². The second-order valence-electron chi connectivity index (χ2n) is 5.60. The molecule has 1 aromatic heterocycles. The molecule has 0 fully saturated rings. The number of amides is 2. The van der Waals surface area contributed by atoms with E-state index in [1.54, 1.807) is 6.07 Å². The minimum atomic E-state index is -0.218. The first-order valence-electron chi connectivity index (χ1n) is 7.51. The van der Waals surface area contributed by atoms with Gasteiger partial charge in [-0.1, -0.05) is 36.4 Å². The summed E-state index contributed by atoms with van der Waals surface area (Å²) in [5, 5.41) is 7.48. The van der Waals surface area contributed by atoms with Crippen molar-refractivity contribution in [2.24, 2.45) is 0 Å². The predicted molar refractivity (Wildman–Crippen MR) is 91.7 cm³/mol. The zero-order valence-electron chi connectivity index (χ0n) is 13.3. The third-order valence-corrected chi connectivity index (χ3v) is 4.17. The lowest BCUT2D eigenvalue weighted by Crippen LogP contribution is -3.06. The van der Waals surface area contributed by atoms with Crippen LogP contribution in [0.3, 0.4) is 0 Å². The molecule has 0 unspecified atom stereocenters. The fraction of sp³-hybridized carbons (Fsp3) is 0.294. The van der Waals surface area contributed by atoms with Crippen molar-refractivity contribution < 1.29 is 14.5 Å². The van der Waals surface area contributed by atoms with Crippen molar-refractivity contribution in [2.45, 2.75) is 6.04 Å². The quantitative estimate of drug-likeness (QED) is 0.691.